The lowest BCUT2D eigenvalue weighted by Gasteiger charge is -2.64. The van der Waals surface area contributed by atoms with Gasteiger partial charge in [0.05, 0.1) is 41.5 Å². The van der Waals surface area contributed by atoms with Crippen LogP contribution in [0.25, 0.3) is 0 Å². The van der Waals surface area contributed by atoms with E-state index in [1.54, 1.807) is 18.2 Å². The van der Waals surface area contributed by atoms with Gasteiger partial charge in [0, 0.05) is 12.0 Å². The van der Waals surface area contributed by atoms with Crippen molar-refractivity contribution in [1.82, 2.24) is 0 Å². The fourth-order valence-corrected chi connectivity index (χ4v) is 11.2. The average molecular weight is 657 g/mol. The van der Waals surface area contributed by atoms with Gasteiger partial charge in [0.25, 0.3) is 0 Å². The summed E-state index contributed by atoms with van der Waals surface area (Å²) < 4.78 is 6.22. The quantitative estimate of drug-likeness (QED) is 0.187. The molecule has 12 atom stereocenters. The summed E-state index contributed by atoms with van der Waals surface area (Å²) in [6.07, 6.45) is 2.37. The van der Waals surface area contributed by atoms with E-state index in [9.17, 15) is 40.5 Å². The highest BCUT2D eigenvalue weighted by molar-refractivity contribution is 5.98. The van der Waals surface area contributed by atoms with Crippen LogP contribution in [-0.2, 0) is 22.4 Å². The summed E-state index contributed by atoms with van der Waals surface area (Å²) in [6.45, 7) is 9.72. The first-order valence-corrected chi connectivity index (χ1v) is 17.8. The van der Waals surface area contributed by atoms with Crippen LogP contribution >= 0.6 is 0 Å². The van der Waals surface area contributed by atoms with Crippen molar-refractivity contribution in [3.8, 4) is 5.75 Å². The van der Waals surface area contributed by atoms with Crippen molar-refractivity contribution < 1.29 is 45.3 Å². The Hall–Kier alpha value is -1.85. The van der Waals surface area contributed by atoms with Crippen LogP contribution in [0.1, 0.15) is 90.7 Å². The first-order chi connectivity index (χ1) is 22.0. The Bertz CT molecular complexity index is 1410. The molecule has 9 nitrogen and oxygen atoms in total. The summed E-state index contributed by atoms with van der Waals surface area (Å²) in [7, 11) is 0. The molecule has 1 heterocycles. The second kappa shape index (κ2) is 11.9. The molecule has 1 saturated heterocycles. The van der Waals surface area contributed by atoms with Gasteiger partial charge in [0.2, 0.25) is 0 Å². The van der Waals surface area contributed by atoms with Crippen LogP contribution in [0, 0.1) is 39.9 Å². The third-order valence-electron chi connectivity index (χ3n) is 14.3. The molecule has 0 aromatic heterocycles. The van der Waals surface area contributed by atoms with Gasteiger partial charge < -0.3 is 40.5 Å². The highest BCUT2D eigenvalue weighted by Crippen LogP contribution is 2.72. The lowest BCUT2D eigenvalue weighted by molar-refractivity contribution is -0.195. The van der Waals surface area contributed by atoms with Gasteiger partial charge in [-0.3, -0.25) is 4.79 Å². The minimum absolute atomic E-state index is 0.0406. The van der Waals surface area contributed by atoms with Crippen LogP contribution in [0.5, 0.6) is 5.75 Å². The fraction of sp³-hybridized carbons (Fsp3) is 0.763. The Morgan fingerprint density at radius 2 is 1.72 bits per heavy atom. The van der Waals surface area contributed by atoms with Crippen molar-refractivity contribution >= 4 is 5.78 Å². The van der Waals surface area contributed by atoms with Gasteiger partial charge in [-0.2, -0.15) is 0 Å². The molecule has 0 bridgehead atoms. The van der Waals surface area contributed by atoms with Gasteiger partial charge in [-0.05, 0) is 129 Å². The van der Waals surface area contributed by atoms with E-state index in [1.165, 1.54) is 0 Å². The molecule has 12 unspecified atom stereocenters. The number of ether oxygens (including phenoxy) is 1. The van der Waals surface area contributed by atoms with Gasteiger partial charge in [0.15, 0.2) is 5.78 Å². The number of phenolic OH excluding ortho intramolecular Hbond substituents is 1. The van der Waals surface area contributed by atoms with Gasteiger partial charge in [-0.25, -0.2) is 0 Å². The fourth-order valence-electron chi connectivity index (χ4n) is 11.2. The molecule has 4 aliphatic carbocycles. The number of fused-ring (bicyclic) bond motifs is 5. The van der Waals surface area contributed by atoms with Crippen LogP contribution < -0.4 is 0 Å². The van der Waals surface area contributed by atoms with Crippen molar-refractivity contribution in [2.75, 3.05) is 13.2 Å². The summed E-state index contributed by atoms with van der Waals surface area (Å²) in [6, 6.07) is 5.15. The Labute approximate surface area is 278 Å². The molecule has 1 aromatic carbocycles. The molecule has 6 rings (SSSR count). The Morgan fingerprint density at radius 3 is 2.38 bits per heavy atom. The molecule has 1 aromatic rings. The van der Waals surface area contributed by atoms with Crippen molar-refractivity contribution in [2.24, 2.45) is 39.9 Å². The summed E-state index contributed by atoms with van der Waals surface area (Å²) in [4.78, 5) is 14.2. The number of epoxide rings is 1. The molecule has 1 aliphatic heterocycles. The molecule has 0 radical (unpaired) electrons. The van der Waals surface area contributed by atoms with Crippen molar-refractivity contribution in [3.63, 3.8) is 0 Å². The van der Waals surface area contributed by atoms with Crippen molar-refractivity contribution in [1.29, 1.82) is 0 Å². The molecule has 0 amide bonds. The van der Waals surface area contributed by atoms with Crippen LogP contribution in [0.4, 0.5) is 0 Å². The average Bonchev–Trinajstić information content (AvgIpc) is 3.76. The number of phenols is 1. The molecule has 5 aliphatic rings. The number of rotatable bonds is 10. The van der Waals surface area contributed by atoms with E-state index in [2.05, 4.69) is 20.8 Å². The number of benzene rings is 1. The maximum atomic E-state index is 14.2. The zero-order valence-electron chi connectivity index (χ0n) is 28.7. The molecule has 3 saturated carbocycles. The third-order valence-corrected chi connectivity index (χ3v) is 14.3. The third kappa shape index (κ3) is 5.01. The zero-order valence-corrected chi connectivity index (χ0v) is 28.7. The Kier molecular flexibility index (Phi) is 8.85. The van der Waals surface area contributed by atoms with E-state index in [-0.39, 0.29) is 60.9 Å². The van der Waals surface area contributed by atoms with Crippen molar-refractivity contribution in [3.05, 3.63) is 41.0 Å². The number of aromatic hydroxyl groups is 1. The van der Waals surface area contributed by atoms with Gasteiger partial charge >= 0.3 is 0 Å². The van der Waals surface area contributed by atoms with E-state index in [4.69, 9.17) is 4.74 Å². The molecule has 7 N–H and O–H groups in total. The van der Waals surface area contributed by atoms with Crippen LogP contribution in [0.3, 0.4) is 0 Å². The maximum Gasteiger partial charge on any atom is 0.164 e. The Morgan fingerprint density at radius 1 is 1.02 bits per heavy atom. The number of aliphatic hydroxyl groups excluding tert-OH is 4. The summed E-state index contributed by atoms with van der Waals surface area (Å²) in [5.74, 6) is -0.263. The van der Waals surface area contributed by atoms with Gasteiger partial charge in [-0.15, -0.1) is 0 Å². The normalized spacial score (nSPS) is 43.1. The molecule has 4 fully saturated rings. The number of hydrogen-bond donors (Lipinski definition) is 7. The topological polar surface area (TPSA) is 171 Å². The van der Waals surface area contributed by atoms with Crippen LogP contribution in [-0.4, -0.2) is 90.4 Å². The predicted molar refractivity (Wildman–Crippen MR) is 175 cm³/mol. The first-order valence-electron chi connectivity index (χ1n) is 17.8. The minimum atomic E-state index is -1.45. The van der Waals surface area contributed by atoms with E-state index in [0.717, 1.165) is 11.1 Å². The zero-order chi connectivity index (χ0) is 34.3. The van der Waals surface area contributed by atoms with E-state index in [1.807, 2.05) is 19.9 Å². The van der Waals surface area contributed by atoms with Crippen LogP contribution in [0.2, 0.25) is 0 Å². The number of allylic oxidation sites excluding steroid dienone is 1. The maximum absolute atomic E-state index is 14.2. The van der Waals surface area contributed by atoms with E-state index in [0.29, 0.717) is 56.4 Å². The molecular formula is C38H56O9. The second-order valence-electron chi connectivity index (χ2n) is 16.6. The summed E-state index contributed by atoms with van der Waals surface area (Å²) >= 11 is 0. The minimum Gasteiger partial charge on any atom is -0.508 e. The van der Waals surface area contributed by atoms with Gasteiger partial charge in [0.1, 0.15) is 11.9 Å². The number of ketones is 1. The number of carbonyl (C=O) groups excluding carboxylic acids is 1. The monoisotopic (exact) mass is 656 g/mol. The molecule has 47 heavy (non-hydrogen) atoms. The number of aryl methyl sites for hydroxylation is 1. The predicted octanol–water partition coefficient (Wildman–Crippen LogP) is 3.22. The summed E-state index contributed by atoms with van der Waals surface area (Å²) in [5.41, 5.74) is -3.29. The van der Waals surface area contributed by atoms with Crippen molar-refractivity contribution in [2.45, 2.75) is 128 Å². The lowest BCUT2D eigenvalue weighted by Crippen LogP contribution is -2.67. The van der Waals surface area contributed by atoms with Crippen LogP contribution in [0.15, 0.2) is 29.8 Å². The largest absolute Gasteiger partial charge is 0.508 e. The highest BCUT2D eigenvalue weighted by Gasteiger charge is 2.74. The standard InChI is InChI=1S/C38H56O9/c1-21(2)22(3)32-33(47-32)35(5,45)30-10-14-38(46)27-17-31(44)37(20-40)19-29(43)28(42)18-34(37,4)26(27)9-13-36(30,38)12-8-24-16-25(41)7-6-23(24)11-15-39/h6-7,16-17,21-22,26,28-30,32-33,39-43,45-46H,8-15,18-20H2,1-5H3. The molecule has 9 heteroatoms. The molecule has 262 valence electrons. The second-order valence-corrected chi connectivity index (χ2v) is 16.6. The lowest BCUT2D eigenvalue weighted by atomic mass is 9.40. The summed E-state index contributed by atoms with van der Waals surface area (Å²) in [5, 5.41) is 78.2. The SMILES string of the molecule is CC(C)C(C)C1OC1C(C)(O)C1CCC2(O)C3=CC(=O)C4(CO)CC(O)C(O)CC4(C)C3CCC12CCc1cc(O)ccc1CCO. The molecule has 0 spiro atoms. The number of aliphatic hydroxyl groups is 6. The van der Waals surface area contributed by atoms with Gasteiger partial charge in [-0.1, -0.05) is 33.8 Å². The molecular weight excluding hydrogens is 600 g/mol. The highest BCUT2D eigenvalue weighted by atomic mass is 16.6. The van der Waals surface area contributed by atoms with E-state index >= 15 is 0 Å². The number of carbonyl (C=O) groups is 1. The number of hydrogen-bond acceptors (Lipinski definition) is 9. The smallest absolute Gasteiger partial charge is 0.164 e. The van der Waals surface area contributed by atoms with E-state index < -0.39 is 46.3 Å². The Balaban J connectivity index is 1.45. The first kappa shape index (κ1) is 35.0.